The van der Waals surface area contributed by atoms with Gasteiger partial charge in [0.05, 0.1) is 0 Å². The molecule has 0 saturated heterocycles. The fourth-order valence-corrected chi connectivity index (χ4v) is 49.3. The number of hydrogen-bond donors (Lipinski definition) is 0. The second-order valence-electron chi connectivity index (χ2n) is 9.33. The van der Waals surface area contributed by atoms with E-state index in [0.29, 0.717) is 24.3 Å². The third-order valence-electron chi connectivity index (χ3n) is 5.34. The largest absolute Gasteiger partial charge is 0.443 e. The van der Waals surface area contributed by atoms with Crippen LogP contribution in [0.25, 0.3) is 0 Å². The van der Waals surface area contributed by atoms with E-state index >= 15 is 0 Å². The van der Waals surface area contributed by atoms with E-state index in [9.17, 15) is 35.1 Å². The zero-order valence-corrected chi connectivity index (χ0v) is 31.9. The van der Waals surface area contributed by atoms with Gasteiger partial charge >= 0.3 is 11.7 Å². The third-order valence-corrected chi connectivity index (χ3v) is 46.1. The lowest BCUT2D eigenvalue weighted by atomic mass is 10.3. The SMILES string of the molecule is CCCCSS(CCCCC(SC)(SC(F)F)SC(F)(F)F)(SCC)(SCCC)(SCCCC(F)(F)F)SC(C)C. The molecular formula is C24H46F8S9. The Morgan fingerprint density at radius 2 is 1.29 bits per heavy atom. The Bertz CT molecular complexity index is 743. The summed E-state index contributed by atoms with van der Waals surface area (Å²) in [6.07, 6.45) is -0.0798. The Balaban J connectivity index is 6.62. The Kier molecular flexibility index (Phi) is 20.0. The van der Waals surface area contributed by atoms with Crippen LogP contribution in [0.3, 0.4) is 0 Å². The van der Waals surface area contributed by atoms with Crippen LogP contribution in [0.5, 0.6) is 0 Å². The number of unbranched alkanes of at least 4 members (excludes halogenated alkanes) is 2. The summed E-state index contributed by atoms with van der Waals surface area (Å²) in [7, 11) is 9.19. The molecule has 0 saturated carbocycles. The molecule has 0 aromatic carbocycles. The average Bonchev–Trinajstić information content (AvgIpc) is 2.82. The number of rotatable bonds is 24. The number of alkyl halides is 8. The van der Waals surface area contributed by atoms with Crippen molar-refractivity contribution in [2.75, 3.05) is 35.0 Å². The molecule has 0 aromatic rings. The molecule has 0 heterocycles. The normalized spacial score (nSPS) is 16.7. The smallest absolute Gasteiger partial charge is 0.198 e. The van der Waals surface area contributed by atoms with Gasteiger partial charge in [0, 0.05) is 40.4 Å². The monoisotopic (exact) mass is 774 g/mol. The van der Waals surface area contributed by atoms with Crippen LogP contribution in [-0.2, 0) is 0 Å². The molecule has 1 atom stereocenters. The standard InChI is InChI=1S/C24H46F8S9/c1-7-10-17-36-41(34-9-3,35-16-8-2,39-20(4)5,37-18-13-14-22(27,28)29)19-12-11-15-23(33-6,38-21(25)26)40-24(30,31)32/h20-21H,7-19H2,1-6H3. The van der Waals surface area contributed by atoms with Crippen molar-refractivity contribution in [3.05, 3.63) is 0 Å². The maximum absolute atomic E-state index is 13.4. The minimum Gasteiger partial charge on any atom is -0.198 e. The fourth-order valence-electron chi connectivity index (χ4n) is 3.90. The van der Waals surface area contributed by atoms with Crippen LogP contribution in [-0.4, -0.2) is 61.1 Å². The van der Waals surface area contributed by atoms with Gasteiger partial charge in [0.25, 0.3) is 5.76 Å². The molecule has 0 aromatic heterocycles. The lowest BCUT2D eigenvalue weighted by Crippen LogP contribution is -2.27. The Morgan fingerprint density at radius 1 is 0.707 bits per heavy atom. The lowest BCUT2D eigenvalue weighted by Gasteiger charge is -2.76. The number of thioether (sulfide) groups is 3. The Labute approximate surface area is 272 Å². The van der Waals surface area contributed by atoms with Crippen molar-refractivity contribution in [3.63, 3.8) is 0 Å². The van der Waals surface area contributed by atoms with Gasteiger partial charge in [-0.25, -0.2) is 0 Å². The predicted octanol–water partition coefficient (Wildman–Crippen LogP) is 14.5. The highest BCUT2D eigenvalue weighted by Gasteiger charge is 2.63. The van der Waals surface area contributed by atoms with Gasteiger partial charge in [-0.3, -0.25) is 0 Å². The molecule has 0 amide bonds. The highest BCUT2D eigenvalue weighted by atomic mass is 34.4. The molecule has 0 radical (unpaired) electrons. The van der Waals surface area contributed by atoms with Gasteiger partial charge in [0.2, 0.25) is 0 Å². The van der Waals surface area contributed by atoms with Gasteiger partial charge in [-0.1, -0.05) is 110 Å². The van der Waals surface area contributed by atoms with Crippen molar-refractivity contribution in [3.8, 4) is 0 Å². The van der Waals surface area contributed by atoms with Crippen LogP contribution in [0.4, 0.5) is 35.1 Å². The van der Waals surface area contributed by atoms with E-state index in [1.807, 2.05) is 43.2 Å². The zero-order chi connectivity index (χ0) is 31.9. The van der Waals surface area contributed by atoms with E-state index in [1.165, 1.54) is 6.26 Å². The van der Waals surface area contributed by atoms with E-state index in [4.69, 9.17) is 0 Å². The predicted molar refractivity (Wildman–Crippen MR) is 189 cm³/mol. The molecule has 0 spiro atoms. The van der Waals surface area contributed by atoms with Crippen molar-refractivity contribution in [1.29, 1.82) is 0 Å². The van der Waals surface area contributed by atoms with Gasteiger partial charge in [-0.05, 0) is 56.5 Å². The summed E-state index contributed by atoms with van der Waals surface area (Å²) in [6.45, 7) is 10.4. The quantitative estimate of drug-likeness (QED) is 0.0406. The molecule has 0 aliphatic rings. The van der Waals surface area contributed by atoms with Crippen molar-refractivity contribution in [2.45, 2.75) is 112 Å². The molecule has 0 aliphatic carbocycles. The third kappa shape index (κ3) is 15.8. The van der Waals surface area contributed by atoms with Gasteiger partial charge in [0.15, 0.2) is 0 Å². The molecule has 0 bridgehead atoms. The lowest BCUT2D eigenvalue weighted by molar-refractivity contribution is -0.134. The second-order valence-corrected chi connectivity index (χ2v) is 44.0. The van der Waals surface area contributed by atoms with Crippen LogP contribution in [0.15, 0.2) is 0 Å². The van der Waals surface area contributed by atoms with E-state index in [-0.39, 0.29) is 41.6 Å². The van der Waals surface area contributed by atoms with Crippen LogP contribution in [0.1, 0.15) is 86.0 Å². The Hall–Kier alpha value is 2.59. The summed E-state index contributed by atoms with van der Waals surface area (Å²) in [6, 6.07) is 0. The van der Waals surface area contributed by atoms with E-state index in [2.05, 4.69) is 34.6 Å². The van der Waals surface area contributed by atoms with Gasteiger partial charge in [-0.2, -0.15) is 35.1 Å². The van der Waals surface area contributed by atoms with Crippen molar-refractivity contribution < 1.29 is 35.1 Å². The zero-order valence-electron chi connectivity index (χ0n) is 24.5. The van der Waals surface area contributed by atoms with Crippen molar-refractivity contribution >= 4 is 92.7 Å². The fraction of sp³-hybridized carbons (Fsp3) is 1.00. The van der Waals surface area contributed by atoms with E-state index in [0.717, 1.165) is 48.3 Å². The van der Waals surface area contributed by atoms with Crippen LogP contribution >= 0.6 is 92.7 Å². The minimum absolute atomic E-state index is 0.000948. The summed E-state index contributed by atoms with van der Waals surface area (Å²) in [5.74, 6) is 0.445. The minimum atomic E-state index is -4.66. The second kappa shape index (κ2) is 18.8. The summed E-state index contributed by atoms with van der Waals surface area (Å²) in [5.41, 5.74) is -4.66. The molecule has 17 heteroatoms. The molecule has 252 valence electrons. The first-order chi connectivity index (χ1) is 18.8. The topological polar surface area (TPSA) is 0 Å². The molecule has 1 unspecified atom stereocenters. The summed E-state index contributed by atoms with van der Waals surface area (Å²) in [4.78, 5) is 0. The van der Waals surface area contributed by atoms with E-state index in [1.54, 1.807) is 10.8 Å². The average molecular weight is 775 g/mol. The molecule has 0 rings (SSSR count). The first-order valence-electron chi connectivity index (χ1n) is 13.5. The molecule has 41 heavy (non-hydrogen) atoms. The van der Waals surface area contributed by atoms with E-state index < -0.39 is 30.7 Å². The molecule has 0 nitrogen and oxygen atoms in total. The molecular weight excluding hydrogens is 729 g/mol. The van der Waals surface area contributed by atoms with Gasteiger partial charge < -0.3 is 0 Å². The summed E-state index contributed by atoms with van der Waals surface area (Å²) in [5, 5.41) is 0.171. The molecule has 0 fully saturated rings. The first-order valence-corrected chi connectivity index (χ1v) is 26.5. The summed E-state index contributed by atoms with van der Waals surface area (Å²) >= 11 is 0.480. The molecule has 0 N–H and O–H groups in total. The van der Waals surface area contributed by atoms with Crippen LogP contribution < -0.4 is 0 Å². The molecule has 0 aliphatic heterocycles. The van der Waals surface area contributed by atoms with Gasteiger partial charge in [0.1, 0.15) is 3.41 Å². The summed E-state index contributed by atoms with van der Waals surface area (Å²) < 4.78 is 101. The highest BCUT2D eigenvalue weighted by Crippen LogP contribution is 3.22. The first kappa shape index (κ1) is 43.6. The van der Waals surface area contributed by atoms with Crippen molar-refractivity contribution in [2.24, 2.45) is 0 Å². The number of hydrogen-bond acceptors (Lipinski definition) is 8. The van der Waals surface area contributed by atoms with Gasteiger partial charge in [-0.15, -0.1) is 11.8 Å². The van der Waals surface area contributed by atoms with Crippen molar-refractivity contribution in [1.82, 2.24) is 0 Å². The number of halogens is 8. The van der Waals surface area contributed by atoms with Crippen LogP contribution in [0, 0.1) is 0 Å². The maximum atomic E-state index is 13.4. The Morgan fingerprint density at radius 3 is 1.73 bits per heavy atom. The van der Waals surface area contributed by atoms with Crippen LogP contribution in [0.2, 0.25) is 0 Å². The maximum Gasteiger partial charge on any atom is 0.443 e. The highest BCUT2D eigenvalue weighted by molar-refractivity contribution is 9.97.